The van der Waals surface area contributed by atoms with Gasteiger partial charge in [-0.25, -0.2) is 4.98 Å². The molecule has 0 aromatic carbocycles. The van der Waals surface area contributed by atoms with Crippen LogP contribution in [-0.4, -0.2) is 47.1 Å². The molecule has 0 saturated carbocycles. The Morgan fingerprint density at radius 1 is 1.24 bits per heavy atom. The van der Waals surface area contributed by atoms with Crippen molar-refractivity contribution in [2.45, 2.75) is 25.3 Å². The molecule has 1 unspecified atom stereocenters. The van der Waals surface area contributed by atoms with Crippen molar-refractivity contribution in [3.8, 4) is 0 Å². The second-order valence-electron chi connectivity index (χ2n) is 4.90. The maximum absolute atomic E-state index is 5.62. The first-order chi connectivity index (χ1) is 8.33. The molecule has 1 aromatic heterocycles. The van der Waals surface area contributed by atoms with Crippen LogP contribution in [0.5, 0.6) is 0 Å². The third-order valence-electron chi connectivity index (χ3n) is 3.80. The number of hydrogen-bond acceptors (Lipinski definition) is 5. The van der Waals surface area contributed by atoms with Crippen LogP contribution in [-0.2, 0) is 0 Å². The molecule has 1 aromatic rings. The van der Waals surface area contributed by atoms with Crippen molar-refractivity contribution in [3.63, 3.8) is 0 Å². The molecule has 0 bridgehead atoms. The van der Waals surface area contributed by atoms with Crippen molar-refractivity contribution in [1.29, 1.82) is 0 Å². The lowest BCUT2D eigenvalue weighted by Gasteiger charge is -2.23. The molecule has 3 rings (SSSR count). The van der Waals surface area contributed by atoms with Gasteiger partial charge in [0.05, 0.1) is 0 Å². The van der Waals surface area contributed by atoms with E-state index < -0.39 is 0 Å². The number of aromatic nitrogens is 2. The van der Waals surface area contributed by atoms with Gasteiger partial charge in [-0.2, -0.15) is 4.98 Å². The lowest BCUT2D eigenvalue weighted by atomic mass is 10.2. The van der Waals surface area contributed by atoms with Crippen molar-refractivity contribution in [3.05, 3.63) is 12.3 Å². The fourth-order valence-electron chi connectivity index (χ4n) is 2.89. The summed E-state index contributed by atoms with van der Waals surface area (Å²) in [6.45, 7) is 4.70. The Kier molecular flexibility index (Phi) is 2.84. The third-order valence-corrected chi connectivity index (χ3v) is 3.80. The molecule has 2 N–H and O–H groups in total. The smallest absolute Gasteiger partial charge is 0.221 e. The summed E-state index contributed by atoms with van der Waals surface area (Å²) < 4.78 is 0. The third kappa shape index (κ3) is 2.20. The normalized spacial score (nSPS) is 25.6. The molecule has 0 amide bonds. The Morgan fingerprint density at radius 2 is 2.06 bits per heavy atom. The summed E-state index contributed by atoms with van der Waals surface area (Å²) in [5.41, 5.74) is 5.62. The zero-order chi connectivity index (χ0) is 11.7. The summed E-state index contributed by atoms with van der Waals surface area (Å²) in [5.74, 6) is 1.34. The second kappa shape index (κ2) is 4.49. The zero-order valence-corrected chi connectivity index (χ0v) is 10.0. The molecule has 0 radical (unpaired) electrons. The van der Waals surface area contributed by atoms with Crippen LogP contribution < -0.4 is 10.6 Å². The topological polar surface area (TPSA) is 58.3 Å². The molecule has 0 aliphatic carbocycles. The van der Waals surface area contributed by atoms with Crippen molar-refractivity contribution in [1.82, 2.24) is 14.9 Å². The molecular weight excluding hydrogens is 214 g/mol. The van der Waals surface area contributed by atoms with E-state index >= 15 is 0 Å². The largest absolute Gasteiger partial charge is 0.368 e. The number of nitrogens with zero attached hydrogens (tertiary/aromatic N) is 4. The average molecular weight is 233 g/mol. The van der Waals surface area contributed by atoms with Gasteiger partial charge in [0.15, 0.2) is 0 Å². The van der Waals surface area contributed by atoms with Gasteiger partial charge in [0.1, 0.15) is 5.82 Å². The van der Waals surface area contributed by atoms with Gasteiger partial charge in [0, 0.05) is 25.3 Å². The predicted molar refractivity (Wildman–Crippen MR) is 67.9 cm³/mol. The monoisotopic (exact) mass is 233 g/mol. The highest BCUT2D eigenvalue weighted by atomic mass is 15.3. The van der Waals surface area contributed by atoms with Gasteiger partial charge < -0.3 is 10.6 Å². The fraction of sp³-hybridized carbons (Fsp3) is 0.667. The summed E-state index contributed by atoms with van der Waals surface area (Å²) in [6.07, 6.45) is 5.69. The van der Waals surface area contributed by atoms with Gasteiger partial charge in [-0.3, -0.25) is 4.90 Å². The van der Waals surface area contributed by atoms with Crippen LogP contribution in [0.4, 0.5) is 11.8 Å². The van der Waals surface area contributed by atoms with Crippen LogP contribution in [0.2, 0.25) is 0 Å². The molecular formula is C12H19N5. The first-order valence-electron chi connectivity index (χ1n) is 6.40. The molecule has 92 valence electrons. The van der Waals surface area contributed by atoms with Gasteiger partial charge in [0.25, 0.3) is 0 Å². The maximum Gasteiger partial charge on any atom is 0.221 e. The van der Waals surface area contributed by atoms with Crippen LogP contribution in [0.15, 0.2) is 12.3 Å². The Morgan fingerprint density at radius 3 is 2.82 bits per heavy atom. The van der Waals surface area contributed by atoms with E-state index in [-0.39, 0.29) is 0 Å². The van der Waals surface area contributed by atoms with Gasteiger partial charge in [-0.15, -0.1) is 0 Å². The molecule has 2 aliphatic heterocycles. The Bertz CT molecular complexity index is 388. The molecule has 2 aliphatic rings. The van der Waals surface area contributed by atoms with Crippen LogP contribution in [0.25, 0.3) is 0 Å². The highest BCUT2D eigenvalue weighted by molar-refractivity contribution is 5.42. The van der Waals surface area contributed by atoms with E-state index in [0.717, 1.165) is 18.9 Å². The minimum absolute atomic E-state index is 0.368. The molecule has 1 atom stereocenters. The van der Waals surface area contributed by atoms with Crippen molar-refractivity contribution >= 4 is 11.8 Å². The predicted octanol–water partition coefficient (Wildman–Crippen LogP) is 0.733. The summed E-state index contributed by atoms with van der Waals surface area (Å²) in [6, 6.07) is 2.65. The van der Waals surface area contributed by atoms with Gasteiger partial charge in [-0.1, -0.05) is 0 Å². The molecule has 3 heterocycles. The van der Waals surface area contributed by atoms with E-state index in [0.29, 0.717) is 12.0 Å². The molecule has 2 fully saturated rings. The molecule has 5 nitrogen and oxygen atoms in total. The number of likely N-dealkylation sites (tertiary alicyclic amines) is 1. The first kappa shape index (κ1) is 10.8. The Hall–Kier alpha value is -1.36. The molecule has 2 saturated heterocycles. The standard InChI is InChI=1S/C12H19N5/c13-12-14-5-3-11(15-12)17-8-4-10(9-17)16-6-1-2-7-16/h3,5,10H,1-2,4,6-9H2,(H2,13,14,15). The van der Waals surface area contributed by atoms with Crippen LogP contribution in [0.3, 0.4) is 0 Å². The second-order valence-corrected chi connectivity index (χ2v) is 4.90. The lowest BCUT2D eigenvalue weighted by molar-refractivity contribution is 0.260. The summed E-state index contributed by atoms with van der Waals surface area (Å²) in [5, 5.41) is 0. The fourth-order valence-corrected chi connectivity index (χ4v) is 2.89. The Labute approximate surface area is 102 Å². The van der Waals surface area contributed by atoms with E-state index in [1.165, 1.54) is 32.4 Å². The van der Waals surface area contributed by atoms with E-state index in [1.54, 1.807) is 6.20 Å². The minimum atomic E-state index is 0.368. The number of nitrogen functional groups attached to an aromatic ring is 1. The maximum atomic E-state index is 5.62. The van der Waals surface area contributed by atoms with E-state index in [2.05, 4.69) is 19.8 Å². The number of nitrogens with two attached hydrogens (primary N) is 1. The van der Waals surface area contributed by atoms with E-state index in [9.17, 15) is 0 Å². The molecule has 17 heavy (non-hydrogen) atoms. The summed E-state index contributed by atoms with van der Waals surface area (Å²) in [4.78, 5) is 13.2. The van der Waals surface area contributed by atoms with Crippen molar-refractivity contribution < 1.29 is 0 Å². The Balaban J connectivity index is 1.67. The summed E-state index contributed by atoms with van der Waals surface area (Å²) in [7, 11) is 0. The minimum Gasteiger partial charge on any atom is -0.368 e. The highest BCUT2D eigenvalue weighted by Gasteiger charge is 2.29. The van der Waals surface area contributed by atoms with Crippen molar-refractivity contribution in [2.24, 2.45) is 0 Å². The molecule has 5 heteroatoms. The van der Waals surface area contributed by atoms with Gasteiger partial charge in [-0.05, 0) is 38.4 Å². The molecule has 0 spiro atoms. The zero-order valence-electron chi connectivity index (χ0n) is 10.0. The van der Waals surface area contributed by atoms with Crippen molar-refractivity contribution in [2.75, 3.05) is 36.8 Å². The summed E-state index contributed by atoms with van der Waals surface area (Å²) >= 11 is 0. The van der Waals surface area contributed by atoms with Gasteiger partial charge in [0.2, 0.25) is 5.95 Å². The van der Waals surface area contributed by atoms with Gasteiger partial charge >= 0.3 is 0 Å². The van der Waals surface area contributed by atoms with Crippen LogP contribution >= 0.6 is 0 Å². The van der Waals surface area contributed by atoms with Crippen LogP contribution in [0.1, 0.15) is 19.3 Å². The highest BCUT2D eigenvalue weighted by Crippen LogP contribution is 2.23. The van der Waals surface area contributed by atoms with E-state index in [1.807, 2.05) is 6.07 Å². The number of anilines is 2. The SMILES string of the molecule is Nc1nccc(N2CCC(N3CCCC3)C2)n1. The quantitative estimate of drug-likeness (QED) is 0.816. The lowest BCUT2D eigenvalue weighted by Crippen LogP contribution is -2.35. The first-order valence-corrected chi connectivity index (χ1v) is 6.40. The number of hydrogen-bond donors (Lipinski definition) is 1. The average Bonchev–Trinajstić information content (AvgIpc) is 3.00. The van der Waals surface area contributed by atoms with E-state index in [4.69, 9.17) is 5.73 Å². The number of rotatable bonds is 2. The van der Waals surface area contributed by atoms with Crippen LogP contribution in [0, 0.1) is 0 Å².